The number of methoxy groups -OCH3 is 1. The number of hydrogen-bond donors (Lipinski definition) is 2. The lowest BCUT2D eigenvalue weighted by atomic mass is 9.79. The highest BCUT2D eigenvalue weighted by Gasteiger charge is 2.49. The SMILES string of the molecule is CCOC(=O)[C@](O)(C(C)C)[C@@H](Nc1ccc(OC)cc1)c1ccccc1. The van der Waals surface area contributed by atoms with Crippen molar-refractivity contribution in [2.24, 2.45) is 5.92 Å². The number of carbonyl (C=O) groups excluding carboxylic acids is 1. The minimum absolute atomic E-state index is 0.206. The van der Waals surface area contributed by atoms with Crippen LogP contribution in [0.5, 0.6) is 5.75 Å². The van der Waals surface area contributed by atoms with Gasteiger partial charge in [-0.05, 0) is 42.7 Å². The molecule has 140 valence electrons. The molecule has 0 radical (unpaired) electrons. The highest BCUT2D eigenvalue weighted by atomic mass is 16.5. The summed E-state index contributed by atoms with van der Waals surface area (Å²) in [5.74, 6) is -0.265. The first-order valence-electron chi connectivity index (χ1n) is 8.78. The summed E-state index contributed by atoms with van der Waals surface area (Å²) in [6.45, 7) is 5.55. The Bertz CT molecular complexity index is 700. The third-order valence-electron chi connectivity index (χ3n) is 4.46. The lowest BCUT2D eigenvalue weighted by Gasteiger charge is -2.38. The Kier molecular flexibility index (Phi) is 6.64. The van der Waals surface area contributed by atoms with E-state index in [1.807, 2.05) is 68.4 Å². The molecule has 0 bridgehead atoms. The summed E-state index contributed by atoms with van der Waals surface area (Å²) in [7, 11) is 1.60. The van der Waals surface area contributed by atoms with Crippen molar-refractivity contribution >= 4 is 11.7 Å². The second-order valence-electron chi connectivity index (χ2n) is 6.42. The van der Waals surface area contributed by atoms with Crippen molar-refractivity contribution in [3.8, 4) is 5.75 Å². The Morgan fingerprint density at radius 1 is 1.12 bits per heavy atom. The molecule has 2 aromatic carbocycles. The van der Waals surface area contributed by atoms with Crippen LogP contribution in [0.1, 0.15) is 32.4 Å². The van der Waals surface area contributed by atoms with Gasteiger partial charge < -0.3 is 19.9 Å². The van der Waals surface area contributed by atoms with Gasteiger partial charge in [-0.15, -0.1) is 0 Å². The lowest BCUT2D eigenvalue weighted by molar-refractivity contribution is -0.172. The van der Waals surface area contributed by atoms with Crippen molar-refractivity contribution in [1.29, 1.82) is 0 Å². The fourth-order valence-corrected chi connectivity index (χ4v) is 2.88. The Labute approximate surface area is 155 Å². The van der Waals surface area contributed by atoms with Crippen LogP contribution >= 0.6 is 0 Å². The molecule has 0 amide bonds. The minimum atomic E-state index is -1.72. The average molecular weight is 357 g/mol. The summed E-state index contributed by atoms with van der Waals surface area (Å²) in [4.78, 5) is 12.7. The first kappa shape index (κ1) is 19.8. The maximum absolute atomic E-state index is 12.7. The maximum Gasteiger partial charge on any atom is 0.340 e. The van der Waals surface area contributed by atoms with Crippen molar-refractivity contribution in [1.82, 2.24) is 0 Å². The summed E-state index contributed by atoms with van der Waals surface area (Å²) in [6.07, 6.45) is 0. The van der Waals surface area contributed by atoms with Crippen LogP contribution in [0.3, 0.4) is 0 Å². The van der Waals surface area contributed by atoms with E-state index in [1.54, 1.807) is 14.0 Å². The number of anilines is 1. The third kappa shape index (κ3) is 4.17. The largest absolute Gasteiger partial charge is 0.497 e. The number of esters is 1. The predicted octanol–water partition coefficient (Wildman–Crippen LogP) is 3.80. The van der Waals surface area contributed by atoms with Crippen LogP contribution < -0.4 is 10.1 Å². The average Bonchev–Trinajstić information content (AvgIpc) is 2.66. The van der Waals surface area contributed by atoms with Crippen LogP contribution in [-0.4, -0.2) is 30.4 Å². The third-order valence-corrected chi connectivity index (χ3v) is 4.46. The minimum Gasteiger partial charge on any atom is -0.497 e. The van der Waals surface area contributed by atoms with Gasteiger partial charge in [-0.25, -0.2) is 4.79 Å². The van der Waals surface area contributed by atoms with E-state index < -0.39 is 17.6 Å². The Balaban J connectivity index is 2.46. The number of benzene rings is 2. The maximum atomic E-state index is 12.7. The van der Waals surface area contributed by atoms with Crippen molar-refractivity contribution in [2.45, 2.75) is 32.4 Å². The summed E-state index contributed by atoms with van der Waals surface area (Å²) in [5, 5.41) is 14.7. The number of carbonyl (C=O) groups is 1. The molecule has 2 N–H and O–H groups in total. The zero-order valence-corrected chi connectivity index (χ0v) is 15.7. The van der Waals surface area contributed by atoms with Crippen LogP contribution in [0.2, 0.25) is 0 Å². The van der Waals surface area contributed by atoms with Gasteiger partial charge in [0.15, 0.2) is 5.60 Å². The molecule has 0 heterocycles. The second-order valence-corrected chi connectivity index (χ2v) is 6.42. The van der Waals surface area contributed by atoms with Crippen LogP contribution in [0.25, 0.3) is 0 Å². The number of nitrogens with one attached hydrogen (secondary N) is 1. The van der Waals surface area contributed by atoms with Crippen molar-refractivity contribution in [3.05, 3.63) is 60.2 Å². The van der Waals surface area contributed by atoms with Gasteiger partial charge >= 0.3 is 5.97 Å². The summed E-state index contributed by atoms with van der Waals surface area (Å²) < 4.78 is 10.4. The molecule has 5 nitrogen and oxygen atoms in total. The molecule has 0 aliphatic carbocycles. The topological polar surface area (TPSA) is 67.8 Å². The van der Waals surface area contributed by atoms with E-state index in [0.29, 0.717) is 0 Å². The lowest BCUT2D eigenvalue weighted by Crippen LogP contribution is -2.52. The highest BCUT2D eigenvalue weighted by molar-refractivity contribution is 5.82. The first-order valence-corrected chi connectivity index (χ1v) is 8.78. The van der Waals surface area contributed by atoms with Crippen LogP contribution in [0.15, 0.2) is 54.6 Å². The van der Waals surface area contributed by atoms with Crippen LogP contribution in [0.4, 0.5) is 5.69 Å². The number of aliphatic hydroxyl groups is 1. The standard InChI is InChI=1S/C21H27NO4/c1-5-26-20(23)21(24,15(2)3)19(16-9-7-6-8-10-16)22-17-11-13-18(25-4)14-12-17/h6-15,19,22,24H,5H2,1-4H3/t19-,21-/m0/s1. The molecule has 0 aliphatic heterocycles. The van der Waals surface area contributed by atoms with Crippen molar-refractivity contribution in [3.63, 3.8) is 0 Å². The molecule has 0 fully saturated rings. The van der Waals surface area contributed by atoms with Crippen LogP contribution in [-0.2, 0) is 9.53 Å². The molecule has 0 unspecified atom stereocenters. The molecule has 0 spiro atoms. The quantitative estimate of drug-likeness (QED) is 0.704. The van der Waals surface area contributed by atoms with Gasteiger partial charge in [-0.2, -0.15) is 0 Å². The Morgan fingerprint density at radius 2 is 1.73 bits per heavy atom. The monoisotopic (exact) mass is 357 g/mol. The zero-order chi connectivity index (χ0) is 19.2. The Morgan fingerprint density at radius 3 is 2.23 bits per heavy atom. The summed E-state index contributed by atoms with van der Waals surface area (Å²) >= 11 is 0. The van der Waals surface area contributed by atoms with Gasteiger partial charge in [-0.1, -0.05) is 44.2 Å². The molecule has 26 heavy (non-hydrogen) atoms. The fraction of sp³-hybridized carbons (Fsp3) is 0.381. The molecule has 2 atom stereocenters. The number of hydrogen-bond acceptors (Lipinski definition) is 5. The fourth-order valence-electron chi connectivity index (χ4n) is 2.88. The molecule has 0 aromatic heterocycles. The molecule has 5 heteroatoms. The van der Waals surface area contributed by atoms with Crippen molar-refractivity contribution < 1.29 is 19.4 Å². The van der Waals surface area contributed by atoms with E-state index in [-0.39, 0.29) is 12.5 Å². The van der Waals surface area contributed by atoms with E-state index >= 15 is 0 Å². The molecule has 2 rings (SSSR count). The molecular formula is C21H27NO4. The van der Waals surface area contributed by atoms with E-state index in [0.717, 1.165) is 17.0 Å². The van der Waals surface area contributed by atoms with Gasteiger partial charge in [0.05, 0.1) is 19.8 Å². The van der Waals surface area contributed by atoms with Gasteiger partial charge in [0.1, 0.15) is 5.75 Å². The second kappa shape index (κ2) is 8.72. The molecule has 2 aromatic rings. The normalized spacial score (nSPS) is 14.4. The molecule has 0 saturated carbocycles. The van der Waals surface area contributed by atoms with Crippen molar-refractivity contribution in [2.75, 3.05) is 19.0 Å². The summed E-state index contributed by atoms with van der Waals surface area (Å²) in [5.41, 5.74) is -0.160. The van der Waals surface area contributed by atoms with Gasteiger partial charge in [0.25, 0.3) is 0 Å². The molecule has 0 saturated heterocycles. The van der Waals surface area contributed by atoms with Crippen LogP contribution in [0, 0.1) is 5.92 Å². The van der Waals surface area contributed by atoms with E-state index in [9.17, 15) is 9.90 Å². The first-order chi connectivity index (χ1) is 12.4. The van der Waals surface area contributed by atoms with Gasteiger partial charge in [0, 0.05) is 5.69 Å². The van der Waals surface area contributed by atoms with Gasteiger partial charge in [0.2, 0.25) is 0 Å². The molecular weight excluding hydrogens is 330 g/mol. The highest BCUT2D eigenvalue weighted by Crippen LogP contribution is 2.36. The smallest absolute Gasteiger partial charge is 0.340 e. The predicted molar refractivity (Wildman–Crippen MR) is 102 cm³/mol. The number of rotatable bonds is 8. The Hall–Kier alpha value is -2.53. The molecule has 0 aliphatic rings. The number of ether oxygens (including phenoxy) is 2. The van der Waals surface area contributed by atoms with E-state index in [1.165, 1.54) is 0 Å². The summed E-state index contributed by atoms with van der Waals surface area (Å²) in [6, 6.07) is 16.1. The van der Waals surface area contributed by atoms with Gasteiger partial charge in [-0.3, -0.25) is 0 Å². The zero-order valence-electron chi connectivity index (χ0n) is 15.7. The van der Waals surface area contributed by atoms with E-state index in [4.69, 9.17) is 9.47 Å². The van der Waals surface area contributed by atoms with E-state index in [2.05, 4.69) is 5.32 Å².